The number of aromatic nitrogens is 5. The number of hydrogen-bond donors (Lipinski definition) is 1. The average molecular weight is 414 g/mol. The largest absolute Gasteiger partial charge is 0.291 e. The highest BCUT2D eigenvalue weighted by molar-refractivity contribution is 6.42. The zero-order chi connectivity index (χ0) is 18.7. The fourth-order valence-corrected chi connectivity index (χ4v) is 2.89. The molecule has 0 spiro atoms. The van der Waals surface area contributed by atoms with Crippen LogP contribution in [0.1, 0.15) is 24.9 Å². The SMILES string of the molecule is CCC(C(=O)Nc1ncn(Cc2ccc(Cl)c(Cl)c2)n1)n1cc(Cl)cn1. The molecule has 0 aliphatic rings. The molecule has 1 atom stereocenters. The number of halogens is 3. The van der Waals surface area contributed by atoms with Crippen LogP contribution in [0, 0.1) is 0 Å². The first kappa shape index (κ1) is 18.7. The van der Waals surface area contributed by atoms with Gasteiger partial charge >= 0.3 is 0 Å². The Morgan fingerprint density at radius 1 is 1.27 bits per heavy atom. The molecule has 2 heterocycles. The molecule has 7 nitrogen and oxygen atoms in total. The fourth-order valence-electron chi connectivity index (χ4n) is 2.42. The van der Waals surface area contributed by atoms with Gasteiger partial charge in [0.1, 0.15) is 12.4 Å². The van der Waals surface area contributed by atoms with Gasteiger partial charge in [-0.15, -0.1) is 5.10 Å². The maximum absolute atomic E-state index is 12.5. The van der Waals surface area contributed by atoms with Crippen molar-refractivity contribution in [2.45, 2.75) is 25.9 Å². The van der Waals surface area contributed by atoms with Crippen molar-refractivity contribution in [1.82, 2.24) is 24.5 Å². The number of carbonyl (C=O) groups is 1. The molecule has 1 aromatic carbocycles. The van der Waals surface area contributed by atoms with Crippen LogP contribution < -0.4 is 5.32 Å². The summed E-state index contributed by atoms with van der Waals surface area (Å²) in [6.45, 7) is 2.34. The van der Waals surface area contributed by atoms with Crippen LogP contribution in [0.3, 0.4) is 0 Å². The highest BCUT2D eigenvalue weighted by Crippen LogP contribution is 2.23. The molecule has 3 rings (SSSR count). The first-order chi connectivity index (χ1) is 12.5. The number of anilines is 1. The molecule has 1 N–H and O–H groups in total. The van der Waals surface area contributed by atoms with Gasteiger partial charge in [0.15, 0.2) is 0 Å². The lowest BCUT2D eigenvalue weighted by Crippen LogP contribution is -2.26. The minimum Gasteiger partial charge on any atom is -0.291 e. The summed E-state index contributed by atoms with van der Waals surface area (Å²) in [5, 5.41) is 12.5. The van der Waals surface area contributed by atoms with E-state index in [9.17, 15) is 4.79 Å². The van der Waals surface area contributed by atoms with Gasteiger partial charge in [-0.05, 0) is 24.1 Å². The van der Waals surface area contributed by atoms with Gasteiger partial charge < -0.3 is 0 Å². The van der Waals surface area contributed by atoms with Crippen LogP contribution in [0.5, 0.6) is 0 Å². The highest BCUT2D eigenvalue weighted by atomic mass is 35.5. The quantitative estimate of drug-likeness (QED) is 0.660. The monoisotopic (exact) mass is 412 g/mol. The van der Waals surface area contributed by atoms with Crippen molar-refractivity contribution in [3.63, 3.8) is 0 Å². The second-order valence-electron chi connectivity index (χ2n) is 5.57. The summed E-state index contributed by atoms with van der Waals surface area (Å²) in [6.07, 6.45) is 5.17. The summed E-state index contributed by atoms with van der Waals surface area (Å²) in [7, 11) is 0. The summed E-state index contributed by atoms with van der Waals surface area (Å²) in [6, 6.07) is 4.84. The number of nitrogens with one attached hydrogen (secondary N) is 1. The van der Waals surface area contributed by atoms with Crippen molar-refractivity contribution in [2.75, 3.05) is 5.32 Å². The van der Waals surface area contributed by atoms with Crippen molar-refractivity contribution in [1.29, 1.82) is 0 Å². The first-order valence-electron chi connectivity index (χ1n) is 7.80. The molecule has 0 saturated carbocycles. The lowest BCUT2D eigenvalue weighted by molar-refractivity contribution is -0.119. The molecule has 3 aromatic rings. The number of hydrogen-bond acceptors (Lipinski definition) is 4. The van der Waals surface area contributed by atoms with E-state index in [1.54, 1.807) is 23.0 Å². The summed E-state index contributed by atoms with van der Waals surface area (Å²) < 4.78 is 3.12. The van der Waals surface area contributed by atoms with Crippen LogP contribution in [0.15, 0.2) is 36.9 Å². The van der Waals surface area contributed by atoms with Crippen LogP contribution in [0.25, 0.3) is 0 Å². The summed E-state index contributed by atoms with van der Waals surface area (Å²) in [5.41, 5.74) is 0.916. The Balaban J connectivity index is 1.67. The van der Waals surface area contributed by atoms with Gasteiger partial charge in [-0.25, -0.2) is 9.67 Å². The van der Waals surface area contributed by atoms with E-state index < -0.39 is 6.04 Å². The third-order valence-electron chi connectivity index (χ3n) is 3.68. The van der Waals surface area contributed by atoms with E-state index in [-0.39, 0.29) is 11.9 Å². The van der Waals surface area contributed by atoms with Crippen LogP contribution in [0.4, 0.5) is 5.95 Å². The van der Waals surface area contributed by atoms with Crippen LogP contribution in [0.2, 0.25) is 15.1 Å². The van der Waals surface area contributed by atoms with Crippen LogP contribution in [-0.4, -0.2) is 30.5 Å². The van der Waals surface area contributed by atoms with E-state index >= 15 is 0 Å². The Morgan fingerprint density at radius 3 is 2.73 bits per heavy atom. The third-order valence-corrected chi connectivity index (χ3v) is 4.61. The molecule has 0 bridgehead atoms. The number of benzene rings is 1. The topological polar surface area (TPSA) is 77.6 Å². The van der Waals surface area contributed by atoms with Gasteiger partial charge in [0.2, 0.25) is 5.95 Å². The third kappa shape index (κ3) is 4.35. The smallest absolute Gasteiger partial charge is 0.251 e. The van der Waals surface area contributed by atoms with Crippen LogP contribution >= 0.6 is 34.8 Å². The van der Waals surface area contributed by atoms with Gasteiger partial charge in [-0.2, -0.15) is 5.10 Å². The number of rotatable bonds is 6. The zero-order valence-corrected chi connectivity index (χ0v) is 16.0. The minimum absolute atomic E-state index is 0.215. The van der Waals surface area contributed by atoms with E-state index in [0.29, 0.717) is 28.0 Å². The normalized spacial score (nSPS) is 12.2. The van der Waals surface area contributed by atoms with E-state index in [0.717, 1.165) is 5.56 Å². The van der Waals surface area contributed by atoms with Crippen molar-refractivity contribution in [3.8, 4) is 0 Å². The molecule has 2 aromatic heterocycles. The predicted molar refractivity (Wildman–Crippen MR) is 101 cm³/mol. The molecule has 0 saturated heterocycles. The maximum Gasteiger partial charge on any atom is 0.251 e. The van der Waals surface area contributed by atoms with Gasteiger partial charge in [-0.3, -0.25) is 14.8 Å². The van der Waals surface area contributed by atoms with Gasteiger partial charge in [0, 0.05) is 6.20 Å². The first-order valence-corrected chi connectivity index (χ1v) is 8.93. The molecular formula is C16H15Cl3N6O. The Labute approximate surface area is 164 Å². The Kier molecular flexibility index (Phi) is 5.80. The molecule has 0 radical (unpaired) electrons. The second-order valence-corrected chi connectivity index (χ2v) is 6.82. The van der Waals surface area contributed by atoms with E-state index in [4.69, 9.17) is 34.8 Å². The van der Waals surface area contributed by atoms with Gasteiger partial charge in [0.25, 0.3) is 5.91 Å². The molecule has 1 amide bonds. The number of amides is 1. The van der Waals surface area contributed by atoms with Crippen LogP contribution in [-0.2, 0) is 11.3 Å². The van der Waals surface area contributed by atoms with Crippen molar-refractivity contribution in [2.24, 2.45) is 0 Å². The molecule has 1 unspecified atom stereocenters. The minimum atomic E-state index is -0.496. The summed E-state index contributed by atoms with van der Waals surface area (Å²) in [4.78, 5) is 16.6. The molecule has 26 heavy (non-hydrogen) atoms. The predicted octanol–water partition coefficient (Wildman–Crippen LogP) is 4.07. The lowest BCUT2D eigenvalue weighted by atomic mass is 10.2. The van der Waals surface area contributed by atoms with Crippen molar-refractivity contribution >= 4 is 46.7 Å². The Bertz CT molecular complexity index is 922. The molecular weight excluding hydrogens is 399 g/mol. The Morgan fingerprint density at radius 2 is 2.08 bits per heavy atom. The van der Waals surface area contributed by atoms with Gasteiger partial charge in [0.05, 0.1) is 27.8 Å². The molecule has 136 valence electrons. The van der Waals surface area contributed by atoms with Crippen molar-refractivity contribution < 1.29 is 4.79 Å². The second kappa shape index (κ2) is 8.07. The van der Waals surface area contributed by atoms with E-state index in [1.165, 1.54) is 17.2 Å². The molecule has 0 fully saturated rings. The standard InChI is InChI=1S/C16H15Cl3N6O/c1-2-14(25-8-11(17)6-21-25)15(26)22-16-20-9-24(23-16)7-10-3-4-12(18)13(19)5-10/h3-6,8-9,14H,2,7H2,1H3,(H,22,23,26). The highest BCUT2D eigenvalue weighted by Gasteiger charge is 2.20. The van der Waals surface area contributed by atoms with E-state index in [1.807, 2.05) is 13.0 Å². The lowest BCUT2D eigenvalue weighted by Gasteiger charge is -2.13. The van der Waals surface area contributed by atoms with E-state index in [2.05, 4.69) is 20.5 Å². The van der Waals surface area contributed by atoms with Crippen molar-refractivity contribution in [3.05, 3.63) is 57.6 Å². The number of carbonyl (C=O) groups excluding carboxylic acids is 1. The molecule has 0 aliphatic heterocycles. The Hall–Kier alpha value is -2.09. The zero-order valence-electron chi connectivity index (χ0n) is 13.7. The molecule has 10 heteroatoms. The number of nitrogens with zero attached hydrogens (tertiary/aromatic N) is 5. The van der Waals surface area contributed by atoms with Gasteiger partial charge in [-0.1, -0.05) is 47.8 Å². The summed E-state index contributed by atoms with van der Waals surface area (Å²) in [5.74, 6) is -0.0497. The summed E-state index contributed by atoms with van der Waals surface area (Å²) >= 11 is 17.8. The average Bonchev–Trinajstić information content (AvgIpc) is 3.21. The maximum atomic E-state index is 12.5. The fraction of sp³-hybridized carbons (Fsp3) is 0.250. The molecule has 0 aliphatic carbocycles.